The fourth-order valence-corrected chi connectivity index (χ4v) is 3.46. The van der Waals surface area contributed by atoms with E-state index in [1.807, 2.05) is 54.6 Å². The summed E-state index contributed by atoms with van der Waals surface area (Å²) in [7, 11) is 3.19. The van der Waals surface area contributed by atoms with E-state index in [0.29, 0.717) is 18.0 Å². The van der Waals surface area contributed by atoms with Crippen molar-refractivity contribution >= 4 is 23.5 Å². The van der Waals surface area contributed by atoms with Crippen LogP contribution in [-0.4, -0.2) is 25.2 Å². The van der Waals surface area contributed by atoms with Gasteiger partial charge >= 0.3 is 6.03 Å². The number of hydrogen-bond donors (Lipinski definition) is 2. The molecular formula is C22H23N3O3S. The lowest BCUT2D eigenvalue weighted by molar-refractivity contribution is 0.251. The zero-order valence-electron chi connectivity index (χ0n) is 16.3. The van der Waals surface area contributed by atoms with Gasteiger partial charge in [-0.1, -0.05) is 18.2 Å². The molecule has 0 unspecified atom stereocenters. The molecular weight excluding hydrogens is 386 g/mol. The van der Waals surface area contributed by atoms with Crippen LogP contribution in [0.5, 0.6) is 11.5 Å². The molecule has 1 aromatic heterocycles. The highest BCUT2D eigenvalue weighted by Gasteiger charge is 2.06. The van der Waals surface area contributed by atoms with Crippen LogP contribution in [0.15, 0.2) is 71.9 Å². The Labute approximate surface area is 174 Å². The summed E-state index contributed by atoms with van der Waals surface area (Å²) in [4.78, 5) is 16.6. The molecule has 2 amide bonds. The molecule has 0 fully saturated rings. The summed E-state index contributed by atoms with van der Waals surface area (Å²) in [6.07, 6.45) is 1.78. The van der Waals surface area contributed by atoms with E-state index in [9.17, 15) is 4.79 Å². The van der Waals surface area contributed by atoms with Crippen molar-refractivity contribution in [2.75, 3.05) is 19.5 Å². The van der Waals surface area contributed by atoms with Gasteiger partial charge in [0.1, 0.15) is 11.5 Å². The summed E-state index contributed by atoms with van der Waals surface area (Å²) in [6, 6.07) is 18.9. The van der Waals surface area contributed by atoms with Crippen molar-refractivity contribution in [3.63, 3.8) is 0 Å². The number of hydrogen-bond acceptors (Lipinski definition) is 5. The van der Waals surface area contributed by atoms with Crippen LogP contribution in [0.25, 0.3) is 0 Å². The Hall–Kier alpha value is -3.19. The van der Waals surface area contributed by atoms with Gasteiger partial charge in [-0.3, -0.25) is 0 Å². The van der Waals surface area contributed by atoms with E-state index >= 15 is 0 Å². The molecule has 0 saturated carbocycles. The summed E-state index contributed by atoms with van der Waals surface area (Å²) in [5.41, 5.74) is 2.73. The standard InChI is InChI=1S/C22H23N3O3S/c1-27-19-11-17(12-20(13-19)28-2)14-24-22(26)25-18-7-5-6-16(10-18)15-29-21-8-3-4-9-23-21/h3-13H,14-15H2,1-2H3,(H2,24,25,26). The molecule has 0 aliphatic carbocycles. The molecule has 1 heterocycles. The first-order chi connectivity index (χ1) is 14.2. The Morgan fingerprint density at radius 1 is 0.966 bits per heavy atom. The van der Waals surface area contributed by atoms with E-state index in [1.54, 1.807) is 38.2 Å². The quantitative estimate of drug-likeness (QED) is 0.527. The summed E-state index contributed by atoms with van der Waals surface area (Å²) >= 11 is 1.65. The van der Waals surface area contributed by atoms with Crippen LogP contribution in [0.1, 0.15) is 11.1 Å². The Morgan fingerprint density at radius 2 is 1.76 bits per heavy atom. The van der Waals surface area contributed by atoms with Gasteiger partial charge in [0.2, 0.25) is 0 Å². The second kappa shape index (κ2) is 10.4. The monoisotopic (exact) mass is 409 g/mol. The fraction of sp³-hybridized carbons (Fsp3) is 0.182. The highest BCUT2D eigenvalue weighted by molar-refractivity contribution is 7.98. The topological polar surface area (TPSA) is 72.5 Å². The van der Waals surface area contributed by atoms with Gasteiger partial charge in [-0.15, -0.1) is 11.8 Å². The highest BCUT2D eigenvalue weighted by atomic mass is 32.2. The first-order valence-electron chi connectivity index (χ1n) is 9.06. The molecule has 2 N–H and O–H groups in total. The molecule has 0 radical (unpaired) electrons. The third-order valence-electron chi connectivity index (χ3n) is 4.07. The van der Waals surface area contributed by atoms with E-state index in [1.165, 1.54) is 0 Å². The molecule has 0 atom stereocenters. The molecule has 3 aromatic rings. The minimum atomic E-state index is -0.277. The van der Waals surface area contributed by atoms with E-state index < -0.39 is 0 Å². The van der Waals surface area contributed by atoms with Crippen molar-refractivity contribution in [3.8, 4) is 11.5 Å². The zero-order chi connectivity index (χ0) is 20.5. The molecule has 29 heavy (non-hydrogen) atoms. The summed E-state index contributed by atoms with van der Waals surface area (Å²) in [5, 5.41) is 6.69. The largest absolute Gasteiger partial charge is 0.497 e. The number of rotatable bonds is 8. The van der Waals surface area contributed by atoms with Crippen LogP contribution >= 0.6 is 11.8 Å². The van der Waals surface area contributed by atoms with Gasteiger partial charge in [-0.25, -0.2) is 9.78 Å². The second-order valence-corrected chi connectivity index (χ2v) is 7.18. The number of aromatic nitrogens is 1. The van der Waals surface area contributed by atoms with Gasteiger partial charge in [0.25, 0.3) is 0 Å². The maximum atomic E-state index is 12.3. The van der Waals surface area contributed by atoms with Crippen molar-refractivity contribution in [2.45, 2.75) is 17.3 Å². The SMILES string of the molecule is COc1cc(CNC(=O)Nc2cccc(CSc3ccccn3)c2)cc(OC)c1. The first kappa shape index (κ1) is 20.5. The summed E-state index contributed by atoms with van der Waals surface area (Å²) in [5.74, 6) is 2.14. The molecule has 6 nitrogen and oxygen atoms in total. The number of ether oxygens (including phenoxy) is 2. The average Bonchev–Trinajstić information content (AvgIpc) is 2.77. The minimum absolute atomic E-state index is 0.277. The van der Waals surface area contributed by atoms with Crippen LogP contribution in [0.3, 0.4) is 0 Å². The second-order valence-electron chi connectivity index (χ2n) is 6.19. The lowest BCUT2D eigenvalue weighted by Gasteiger charge is -2.11. The van der Waals surface area contributed by atoms with Crippen LogP contribution in [0.2, 0.25) is 0 Å². The van der Waals surface area contributed by atoms with Gasteiger partial charge in [0.15, 0.2) is 0 Å². The Balaban J connectivity index is 1.54. The number of methoxy groups -OCH3 is 2. The number of anilines is 1. The predicted molar refractivity (Wildman–Crippen MR) is 116 cm³/mol. The molecule has 0 aliphatic rings. The van der Waals surface area contributed by atoms with Gasteiger partial charge in [-0.05, 0) is 47.5 Å². The third kappa shape index (κ3) is 6.43. The number of carbonyl (C=O) groups is 1. The highest BCUT2D eigenvalue weighted by Crippen LogP contribution is 2.23. The van der Waals surface area contributed by atoms with Crippen LogP contribution in [0, 0.1) is 0 Å². The molecule has 0 aliphatic heterocycles. The molecule has 2 aromatic carbocycles. The molecule has 0 saturated heterocycles. The first-order valence-corrected chi connectivity index (χ1v) is 10.0. The van der Waals surface area contributed by atoms with Gasteiger partial charge < -0.3 is 20.1 Å². The van der Waals surface area contributed by atoms with Gasteiger partial charge in [-0.2, -0.15) is 0 Å². The third-order valence-corrected chi connectivity index (χ3v) is 5.09. The average molecular weight is 410 g/mol. The smallest absolute Gasteiger partial charge is 0.319 e. The van der Waals surface area contributed by atoms with Crippen LogP contribution < -0.4 is 20.1 Å². The number of nitrogens with zero attached hydrogens (tertiary/aromatic N) is 1. The van der Waals surface area contributed by atoms with E-state index in [0.717, 1.165) is 27.6 Å². The number of pyridine rings is 1. The normalized spacial score (nSPS) is 10.3. The summed E-state index contributed by atoms with van der Waals surface area (Å²) in [6.45, 7) is 0.356. The van der Waals surface area contributed by atoms with E-state index in [-0.39, 0.29) is 6.03 Å². The Morgan fingerprint density at radius 3 is 2.45 bits per heavy atom. The maximum Gasteiger partial charge on any atom is 0.319 e. The number of amides is 2. The van der Waals surface area contributed by atoms with E-state index in [4.69, 9.17) is 9.47 Å². The molecule has 0 bridgehead atoms. The van der Waals surface area contributed by atoms with Crippen molar-refractivity contribution in [2.24, 2.45) is 0 Å². The number of benzene rings is 2. The Bertz CT molecular complexity index is 929. The fourth-order valence-electron chi connectivity index (χ4n) is 2.65. The van der Waals surface area contributed by atoms with Crippen molar-refractivity contribution in [3.05, 3.63) is 78.0 Å². The lowest BCUT2D eigenvalue weighted by Crippen LogP contribution is -2.28. The van der Waals surface area contributed by atoms with Crippen molar-refractivity contribution < 1.29 is 14.3 Å². The van der Waals surface area contributed by atoms with Crippen molar-refractivity contribution in [1.29, 1.82) is 0 Å². The minimum Gasteiger partial charge on any atom is -0.497 e. The van der Waals surface area contributed by atoms with Crippen LogP contribution in [0.4, 0.5) is 10.5 Å². The summed E-state index contributed by atoms with van der Waals surface area (Å²) < 4.78 is 10.5. The lowest BCUT2D eigenvalue weighted by atomic mass is 10.2. The molecule has 7 heteroatoms. The van der Waals surface area contributed by atoms with Gasteiger partial charge in [0.05, 0.1) is 19.2 Å². The van der Waals surface area contributed by atoms with Gasteiger partial charge in [0, 0.05) is 30.2 Å². The number of urea groups is 1. The zero-order valence-corrected chi connectivity index (χ0v) is 17.2. The Kier molecular flexibility index (Phi) is 7.35. The number of carbonyl (C=O) groups excluding carboxylic acids is 1. The maximum absolute atomic E-state index is 12.3. The molecule has 3 rings (SSSR count). The predicted octanol–water partition coefficient (Wildman–Crippen LogP) is 4.71. The molecule has 150 valence electrons. The number of nitrogens with one attached hydrogen (secondary N) is 2. The molecule has 0 spiro atoms. The van der Waals surface area contributed by atoms with Crippen LogP contribution in [-0.2, 0) is 12.3 Å². The van der Waals surface area contributed by atoms with Crippen molar-refractivity contribution in [1.82, 2.24) is 10.3 Å². The van der Waals surface area contributed by atoms with E-state index in [2.05, 4.69) is 15.6 Å². The number of thioether (sulfide) groups is 1.